The zero-order valence-electron chi connectivity index (χ0n) is 10.8. The third kappa shape index (κ3) is 5.51. The second-order valence-electron chi connectivity index (χ2n) is 4.57. The van der Waals surface area contributed by atoms with E-state index in [0.717, 1.165) is 18.8 Å². The van der Waals surface area contributed by atoms with Gasteiger partial charge in [0.1, 0.15) is 18.8 Å². The highest BCUT2D eigenvalue weighted by Gasteiger charge is 2.15. The van der Waals surface area contributed by atoms with Crippen molar-refractivity contribution >= 4 is 5.91 Å². The zero-order chi connectivity index (χ0) is 12.7. The Morgan fingerprint density at radius 2 is 2.35 bits per heavy atom. The largest absolute Gasteiger partial charge is 0.467 e. The summed E-state index contributed by atoms with van der Waals surface area (Å²) in [5.74, 6) is 0.832. The highest BCUT2D eigenvalue weighted by molar-refractivity contribution is 5.79. The standard InChI is InChI=1S/C12H21N3O2/c1-10(13-6-7-15(2)3)12(16)14-9-11-5-4-8-17-11/h4-5,8,10,13H,6-7,9H2,1-3H3,(H,14,16)/p+2/t10-/m0/s1. The molecule has 1 aromatic heterocycles. The number of likely N-dealkylation sites (N-methyl/N-ethyl adjacent to an activating group) is 1. The van der Waals surface area contributed by atoms with Crippen LogP contribution in [0.5, 0.6) is 0 Å². The quantitative estimate of drug-likeness (QED) is 0.517. The molecule has 0 aliphatic carbocycles. The molecule has 96 valence electrons. The minimum atomic E-state index is -0.0516. The van der Waals surface area contributed by atoms with Gasteiger partial charge in [-0.1, -0.05) is 0 Å². The van der Waals surface area contributed by atoms with E-state index in [1.807, 2.05) is 19.1 Å². The maximum absolute atomic E-state index is 11.7. The molecular formula is C12H23N3O2+2. The fourth-order valence-electron chi connectivity index (χ4n) is 1.48. The van der Waals surface area contributed by atoms with Crippen LogP contribution in [0.1, 0.15) is 12.7 Å². The van der Waals surface area contributed by atoms with Crippen molar-refractivity contribution in [2.45, 2.75) is 19.5 Å². The Bertz CT molecular complexity index is 323. The van der Waals surface area contributed by atoms with Crippen LogP contribution >= 0.6 is 0 Å². The molecule has 0 aromatic carbocycles. The van der Waals surface area contributed by atoms with Gasteiger partial charge in [-0.3, -0.25) is 4.79 Å². The van der Waals surface area contributed by atoms with Crippen LogP contribution in [0.4, 0.5) is 0 Å². The van der Waals surface area contributed by atoms with Gasteiger partial charge in [-0.05, 0) is 19.1 Å². The van der Waals surface area contributed by atoms with Crippen molar-refractivity contribution in [3.63, 3.8) is 0 Å². The number of furan rings is 1. The van der Waals surface area contributed by atoms with Crippen molar-refractivity contribution in [3.8, 4) is 0 Å². The molecule has 0 aliphatic rings. The molecule has 0 saturated heterocycles. The topological polar surface area (TPSA) is 63.3 Å². The van der Waals surface area contributed by atoms with E-state index in [1.165, 1.54) is 4.90 Å². The van der Waals surface area contributed by atoms with Gasteiger partial charge < -0.3 is 20.0 Å². The number of hydrogen-bond acceptors (Lipinski definition) is 2. The molecule has 1 heterocycles. The molecule has 17 heavy (non-hydrogen) atoms. The van der Waals surface area contributed by atoms with Crippen molar-refractivity contribution in [1.82, 2.24) is 5.32 Å². The van der Waals surface area contributed by atoms with Gasteiger partial charge in [0.2, 0.25) is 0 Å². The van der Waals surface area contributed by atoms with E-state index < -0.39 is 0 Å². The molecule has 0 spiro atoms. The first kappa shape index (κ1) is 13.7. The Balaban J connectivity index is 2.18. The number of amides is 1. The molecule has 0 radical (unpaired) electrons. The number of carbonyl (C=O) groups is 1. The summed E-state index contributed by atoms with van der Waals surface area (Å²) in [5.41, 5.74) is 0. The third-order valence-electron chi connectivity index (χ3n) is 2.60. The first-order valence-corrected chi connectivity index (χ1v) is 6.02. The summed E-state index contributed by atoms with van der Waals surface area (Å²) in [4.78, 5) is 13.1. The summed E-state index contributed by atoms with van der Waals surface area (Å²) in [6, 6.07) is 3.62. The minimum absolute atomic E-state index is 0.0511. The van der Waals surface area contributed by atoms with E-state index >= 15 is 0 Å². The van der Waals surface area contributed by atoms with Crippen LogP contribution in [0.2, 0.25) is 0 Å². The molecule has 5 heteroatoms. The normalized spacial score (nSPS) is 12.7. The Labute approximate surface area is 102 Å². The van der Waals surface area contributed by atoms with Crippen molar-refractivity contribution in [3.05, 3.63) is 24.2 Å². The highest BCUT2D eigenvalue weighted by atomic mass is 16.3. The van der Waals surface area contributed by atoms with Gasteiger partial charge in [0.25, 0.3) is 5.91 Å². The van der Waals surface area contributed by atoms with Crippen LogP contribution < -0.4 is 15.5 Å². The molecule has 1 rings (SSSR count). The average molecular weight is 241 g/mol. The lowest BCUT2D eigenvalue weighted by atomic mass is 10.3. The first-order chi connectivity index (χ1) is 8.09. The van der Waals surface area contributed by atoms with Gasteiger partial charge in [0.15, 0.2) is 6.04 Å². The molecule has 0 bridgehead atoms. The van der Waals surface area contributed by atoms with E-state index in [4.69, 9.17) is 4.42 Å². The van der Waals surface area contributed by atoms with Gasteiger partial charge in [-0.25, -0.2) is 0 Å². The molecule has 0 aliphatic heterocycles. The van der Waals surface area contributed by atoms with Gasteiger partial charge in [-0.2, -0.15) is 0 Å². The Hall–Kier alpha value is -1.33. The van der Waals surface area contributed by atoms with Gasteiger partial charge in [-0.15, -0.1) is 0 Å². The van der Waals surface area contributed by atoms with Crippen LogP contribution in [0.25, 0.3) is 0 Å². The summed E-state index contributed by atoms with van der Waals surface area (Å²) in [6.45, 7) is 4.39. The molecule has 1 amide bonds. The molecule has 4 N–H and O–H groups in total. The lowest BCUT2D eigenvalue weighted by Crippen LogP contribution is -3.10. The van der Waals surface area contributed by atoms with Crippen molar-refractivity contribution in [2.24, 2.45) is 0 Å². The smallest absolute Gasteiger partial charge is 0.278 e. The number of rotatable bonds is 7. The second-order valence-corrected chi connectivity index (χ2v) is 4.57. The van der Waals surface area contributed by atoms with E-state index in [-0.39, 0.29) is 11.9 Å². The molecule has 1 aromatic rings. The predicted molar refractivity (Wildman–Crippen MR) is 64.5 cm³/mol. The van der Waals surface area contributed by atoms with Crippen molar-refractivity contribution in [1.29, 1.82) is 0 Å². The Kier molecular flexibility index (Phi) is 5.72. The highest BCUT2D eigenvalue weighted by Crippen LogP contribution is 1.98. The molecule has 0 unspecified atom stereocenters. The van der Waals surface area contributed by atoms with E-state index in [1.54, 1.807) is 6.26 Å². The number of carbonyl (C=O) groups excluding carboxylic acids is 1. The van der Waals surface area contributed by atoms with Crippen LogP contribution in [-0.4, -0.2) is 39.1 Å². The summed E-state index contributed by atoms with van der Waals surface area (Å²) in [6.07, 6.45) is 1.61. The summed E-state index contributed by atoms with van der Waals surface area (Å²) in [5, 5.41) is 4.91. The maximum atomic E-state index is 11.7. The minimum Gasteiger partial charge on any atom is -0.467 e. The SMILES string of the molecule is C[C@H]([NH2+]CC[NH+](C)C)C(=O)NCc1ccco1. The fourth-order valence-corrected chi connectivity index (χ4v) is 1.48. The Morgan fingerprint density at radius 3 is 2.94 bits per heavy atom. The van der Waals surface area contributed by atoms with Gasteiger partial charge in [0.05, 0.1) is 26.9 Å². The molecule has 0 fully saturated rings. The molecule has 5 nitrogen and oxygen atoms in total. The number of quaternary nitrogens is 2. The average Bonchev–Trinajstić information content (AvgIpc) is 2.78. The molecule has 0 saturated carbocycles. The van der Waals surface area contributed by atoms with Crippen molar-refractivity contribution < 1.29 is 19.4 Å². The summed E-state index contributed by atoms with van der Waals surface area (Å²) in [7, 11) is 4.21. The van der Waals surface area contributed by atoms with Crippen LogP contribution in [-0.2, 0) is 11.3 Å². The monoisotopic (exact) mass is 241 g/mol. The fraction of sp³-hybridized carbons (Fsp3) is 0.583. The molecular weight excluding hydrogens is 218 g/mol. The lowest BCUT2D eigenvalue weighted by molar-refractivity contribution is -0.875. The molecule has 1 atom stereocenters. The summed E-state index contributed by atoms with van der Waals surface area (Å²) >= 11 is 0. The van der Waals surface area contributed by atoms with Crippen molar-refractivity contribution in [2.75, 3.05) is 27.2 Å². The zero-order valence-corrected chi connectivity index (χ0v) is 10.8. The van der Waals surface area contributed by atoms with Crippen LogP contribution in [0.15, 0.2) is 22.8 Å². The third-order valence-corrected chi connectivity index (χ3v) is 2.60. The number of nitrogens with two attached hydrogens (primary N) is 1. The van der Waals surface area contributed by atoms with Gasteiger partial charge in [0, 0.05) is 0 Å². The van der Waals surface area contributed by atoms with Crippen LogP contribution in [0, 0.1) is 0 Å². The summed E-state index contributed by atoms with van der Waals surface area (Å²) < 4.78 is 5.15. The number of nitrogens with one attached hydrogen (secondary N) is 2. The van der Waals surface area contributed by atoms with E-state index in [2.05, 4.69) is 24.7 Å². The predicted octanol–water partition coefficient (Wildman–Crippen LogP) is -2.01. The van der Waals surface area contributed by atoms with E-state index in [0.29, 0.717) is 6.54 Å². The lowest BCUT2D eigenvalue weighted by Gasteiger charge is -2.11. The van der Waals surface area contributed by atoms with Gasteiger partial charge >= 0.3 is 0 Å². The van der Waals surface area contributed by atoms with Crippen LogP contribution in [0.3, 0.4) is 0 Å². The second kappa shape index (κ2) is 7.09. The van der Waals surface area contributed by atoms with E-state index in [9.17, 15) is 4.79 Å². The maximum Gasteiger partial charge on any atom is 0.278 e. The Morgan fingerprint density at radius 1 is 1.59 bits per heavy atom. The number of hydrogen-bond donors (Lipinski definition) is 3. The first-order valence-electron chi connectivity index (χ1n) is 6.02.